The minimum absolute atomic E-state index is 0.0882. The fourth-order valence-corrected chi connectivity index (χ4v) is 1.51. The van der Waals surface area contributed by atoms with Gasteiger partial charge in [-0.1, -0.05) is 6.92 Å². The van der Waals surface area contributed by atoms with Crippen molar-refractivity contribution in [3.8, 4) is 5.75 Å². The first kappa shape index (κ1) is 15.1. The van der Waals surface area contributed by atoms with Crippen LogP contribution in [-0.4, -0.2) is 26.0 Å². The summed E-state index contributed by atoms with van der Waals surface area (Å²) in [6.07, 6.45) is 2.46. The maximum Gasteiger partial charge on any atom is 0.191 e. The molecule has 4 nitrogen and oxygen atoms in total. The molecule has 1 N–H and O–H groups in total. The summed E-state index contributed by atoms with van der Waals surface area (Å²) >= 11 is 0. The molecule has 0 aliphatic heterocycles. The maximum atomic E-state index is 12.1. The van der Waals surface area contributed by atoms with Crippen LogP contribution in [0.25, 0.3) is 0 Å². The van der Waals surface area contributed by atoms with E-state index >= 15 is 0 Å². The van der Waals surface area contributed by atoms with E-state index in [1.54, 1.807) is 31.4 Å². The van der Waals surface area contributed by atoms with Crippen molar-refractivity contribution in [1.82, 2.24) is 5.32 Å². The summed E-state index contributed by atoms with van der Waals surface area (Å²) in [5.74, 6) is 1.16. The predicted octanol–water partition coefficient (Wildman–Crippen LogP) is 2.76. The zero-order valence-electron chi connectivity index (χ0n) is 11.7. The highest BCUT2D eigenvalue weighted by Crippen LogP contribution is 2.12. The molecule has 0 radical (unpaired) electrons. The largest absolute Gasteiger partial charge is 0.497 e. The van der Waals surface area contributed by atoms with E-state index in [4.69, 9.17) is 9.47 Å². The van der Waals surface area contributed by atoms with Gasteiger partial charge >= 0.3 is 0 Å². The van der Waals surface area contributed by atoms with E-state index in [9.17, 15) is 4.79 Å². The zero-order valence-corrected chi connectivity index (χ0v) is 11.7. The molecule has 0 spiro atoms. The average molecular weight is 263 g/mol. The number of carbonyl (C=O) groups is 1. The number of ether oxygens (including phenoxy) is 2. The van der Waals surface area contributed by atoms with Crippen LogP contribution in [0, 0.1) is 0 Å². The molecule has 0 saturated heterocycles. The van der Waals surface area contributed by atoms with Gasteiger partial charge in [0, 0.05) is 18.2 Å². The lowest BCUT2D eigenvalue weighted by molar-refractivity contribution is 0.103. The molecule has 19 heavy (non-hydrogen) atoms. The summed E-state index contributed by atoms with van der Waals surface area (Å²) < 4.78 is 10.4. The Hall–Kier alpha value is -1.97. The minimum atomic E-state index is -0.0882. The van der Waals surface area contributed by atoms with Crippen molar-refractivity contribution in [1.29, 1.82) is 0 Å². The summed E-state index contributed by atoms with van der Waals surface area (Å²) in [7, 11) is 1.60. The summed E-state index contributed by atoms with van der Waals surface area (Å²) in [6.45, 7) is 5.25. The quantitative estimate of drug-likeness (QED) is 0.445. The molecular weight excluding hydrogens is 242 g/mol. The van der Waals surface area contributed by atoms with Crippen molar-refractivity contribution >= 4 is 5.78 Å². The second-order valence-corrected chi connectivity index (χ2v) is 3.96. The second-order valence-electron chi connectivity index (χ2n) is 3.96. The Morgan fingerprint density at radius 1 is 1.26 bits per heavy atom. The van der Waals surface area contributed by atoms with Crippen molar-refractivity contribution < 1.29 is 14.3 Å². The molecule has 0 heterocycles. The third-order valence-corrected chi connectivity index (χ3v) is 2.49. The fourth-order valence-electron chi connectivity index (χ4n) is 1.51. The molecule has 0 fully saturated rings. The van der Waals surface area contributed by atoms with Crippen LogP contribution >= 0.6 is 0 Å². The van der Waals surface area contributed by atoms with E-state index in [0.29, 0.717) is 18.1 Å². The van der Waals surface area contributed by atoms with Crippen molar-refractivity contribution in [2.45, 2.75) is 20.3 Å². The highest BCUT2D eigenvalue weighted by molar-refractivity contribution is 6.04. The van der Waals surface area contributed by atoms with Crippen LogP contribution in [0.1, 0.15) is 30.6 Å². The lowest BCUT2D eigenvalue weighted by Gasteiger charge is -2.10. The van der Waals surface area contributed by atoms with Gasteiger partial charge in [0.2, 0.25) is 0 Å². The molecule has 1 aromatic carbocycles. The van der Waals surface area contributed by atoms with Gasteiger partial charge in [-0.25, -0.2) is 0 Å². The van der Waals surface area contributed by atoms with Crippen LogP contribution in [0.3, 0.4) is 0 Å². The molecule has 104 valence electrons. The Bertz CT molecular complexity index is 424. The standard InChI is InChI=1S/C15H21NO3/c1-4-10-16-15(19-5-2)11-14(17)12-6-8-13(18-3)9-7-12/h6-9,11,16H,4-5,10H2,1-3H3/b15-11-. The summed E-state index contributed by atoms with van der Waals surface area (Å²) in [5.41, 5.74) is 0.608. The first-order valence-corrected chi connectivity index (χ1v) is 6.48. The molecule has 0 bridgehead atoms. The van der Waals surface area contributed by atoms with Gasteiger partial charge in [-0.3, -0.25) is 4.79 Å². The molecule has 1 rings (SSSR count). The van der Waals surface area contributed by atoms with Gasteiger partial charge < -0.3 is 14.8 Å². The number of rotatable bonds is 8. The number of carbonyl (C=O) groups excluding carboxylic acids is 1. The highest BCUT2D eigenvalue weighted by Gasteiger charge is 2.06. The normalized spacial score (nSPS) is 11.0. The molecule has 4 heteroatoms. The van der Waals surface area contributed by atoms with E-state index in [-0.39, 0.29) is 5.78 Å². The Morgan fingerprint density at radius 2 is 1.95 bits per heavy atom. The van der Waals surface area contributed by atoms with Crippen LogP contribution in [0.15, 0.2) is 36.2 Å². The van der Waals surface area contributed by atoms with E-state index in [0.717, 1.165) is 18.7 Å². The first-order chi connectivity index (χ1) is 9.21. The lowest BCUT2D eigenvalue weighted by atomic mass is 10.1. The van der Waals surface area contributed by atoms with Gasteiger partial charge in [0.25, 0.3) is 0 Å². The van der Waals surface area contributed by atoms with Crippen LogP contribution in [-0.2, 0) is 4.74 Å². The smallest absolute Gasteiger partial charge is 0.191 e. The van der Waals surface area contributed by atoms with Gasteiger partial charge in [-0.15, -0.1) is 0 Å². The summed E-state index contributed by atoms with van der Waals surface area (Å²) in [4.78, 5) is 12.1. The number of methoxy groups -OCH3 is 1. The van der Waals surface area contributed by atoms with Crippen molar-refractivity contribution in [3.63, 3.8) is 0 Å². The number of hydrogen-bond acceptors (Lipinski definition) is 4. The number of hydrogen-bond donors (Lipinski definition) is 1. The lowest BCUT2D eigenvalue weighted by Crippen LogP contribution is -2.18. The van der Waals surface area contributed by atoms with Crippen LogP contribution < -0.4 is 10.1 Å². The molecule has 0 unspecified atom stereocenters. The molecular formula is C15H21NO3. The average Bonchev–Trinajstić information content (AvgIpc) is 2.45. The number of benzene rings is 1. The Morgan fingerprint density at radius 3 is 2.47 bits per heavy atom. The number of nitrogens with one attached hydrogen (secondary N) is 1. The summed E-state index contributed by atoms with van der Waals surface area (Å²) in [6, 6.07) is 7.00. The molecule has 0 aliphatic carbocycles. The van der Waals surface area contributed by atoms with Gasteiger partial charge in [0.1, 0.15) is 5.75 Å². The topological polar surface area (TPSA) is 47.6 Å². The molecule has 0 aromatic heterocycles. The van der Waals surface area contributed by atoms with Crippen molar-refractivity contribution in [2.24, 2.45) is 0 Å². The van der Waals surface area contributed by atoms with E-state index in [1.807, 2.05) is 6.92 Å². The van der Waals surface area contributed by atoms with E-state index in [2.05, 4.69) is 12.2 Å². The van der Waals surface area contributed by atoms with Crippen molar-refractivity contribution in [2.75, 3.05) is 20.3 Å². The summed E-state index contributed by atoms with van der Waals surface area (Å²) in [5, 5.41) is 3.09. The Kier molecular flexibility index (Phi) is 6.50. The van der Waals surface area contributed by atoms with Gasteiger partial charge in [-0.05, 0) is 37.6 Å². The molecule has 0 amide bonds. The third-order valence-electron chi connectivity index (χ3n) is 2.49. The van der Waals surface area contributed by atoms with Gasteiger partial charge in [0.15, 0.2) is 11.7 Å². The Balaban J connectivity index is 2.77. The van der Waals surface area contributed by atoms with E-state index < -0.39 is 0 Å². The van der Waals surface area contributed by atoms with Crippen molar-refractivity contribution in [3.05, 3.63) is 41.8 Å². The van der Waals surface area contributed by atoms with Crippen LogP contribution in [0.2, 0.25) is 0 Å². The maximum absolute atomic E-state index is 12.1. The Labute approximate surface area is 114 Å². The monoisotopic (exact) mass is 263 g/mol. The third kappa shape index (κ3) is 5.04. The zero-order chi connectivity index (χ0) is 14.1. The molecule has 0 aliphatic rings. The fraction of sp³-hybridized carbons (Fsp3) is 0.400. The van der Waals surface area contributed by atoms with E-state index in [1.165, 1.54) is 6.08 Å². The predicted molar refractivity (Wildman–Crippen MR) is 75.3 cm³/mol. The minimum Gasteiger partial charge on any atom is -0.497 e. The van der Waals surface area contributed by atoms with Crippen LogP contribution in [0.5, 0.6) is 5.75 Å². The molecule has 0 saturated carbocycles. The first-order valence-electron chi connectivity index (χ1n) is 6.48. The van der Waals surface area contributed by atoms with Crippen LogP contribution in [0.4, 0.5) is 0 Å². The molecule has 1 aromatic rings. The number of ketones is 1. The van der Waals surface area contributed by atoms with Gasteiger partial charge in [0.05, 0.1) is 13.7 Å². The highest BCUT2D eigenvalue weighted by atomic mass is 16.5. The SMILES string of the molecule is CCCN/C(=C/C(=O)c1ccc(OC)cc1)OCC. The number of allylic oxidation sites excluding steroid dienone is 1. The van der Waals surface area contributed by atoms with Gasteiger partial charge in [-0.2, -0.15) is 0 Å². The molecule has 0 atom stereocenters. The second kappa shape index (κ2) is 8.19.